The Bertz CT molecular complexity index is 2500. The topological polar surface area (TPSA) is 25.8 Å². The third-order valence-electron chi connectivity index (χ3n) is 8.44. The summed E-state index contributed by atoms with van der Waals surface area (Å²) >= 11 is 1.79. The molecule has 3 heterocycles. The maximum absolute atomic E-state index is 8.79. The minimum atomic E-state index is -2.17. The van der Waals surface area contributed by atoms with Crippen LogP contribution in [0, 0.1) is 24.4 Å². The summed E-state index contributed by atoms with van der Waals surface area (Å²) < 4.78 is 50.8. The van der Waals surface area contributed by atoms with Crippen LogP contribution in [-0.4, -0.2) is 18.0 Å². The Labute approximate surface area is 332 Å². The van der Waals surface area contributed by atoms with Crippen molar-refractivity contribution in [3.8, 4) is 33.6 Å². The molecule has 3 aromatic heterocycles. The molecule has 0 saturated carbocycles. The van der Waals surface area contributed by atoms with Crippen LogP contribution in [0.25, 0.3) is 53.8 Å². The first-order valence-corrected chi connectivity index (χ1v) is 21.3. The predicted molar refractivity (Wildman–Crippen MR) is 220 cm³/mol. The molecule has 7 rings (SSSR count). The van der Waals surface area contributed by atoms with Crippen LogP contribution >= 0.6 is 11.3 Å². The average Bonchev–Trinajstić information content (AvgIpc) is 3.52. The zero-order chi connectivity index (χ0) is 40.8. The number of rotatable bonds is 6. The molecule has 0 aliphatic rings. The Morgan fingerprint density at radius 2 is 1.65 bits per heavy atom. The number of aromatic nitrogens is 2. The molecule has 0 bridgehead atoms. The molecule has 263 valence electrons. The van der Waals surface area contributed by atoms with Gasteiger partial charge in [0, 0.05) is 45.4 Å². The number of fused-ring (bicyclic) bond motifs is 3. The van der Waals surface area contributed by atoms with E-state index in [1.54, 1.807) is 35.9 Å². The molecular formula is C46H48IrN2SSi-2. The van der Waals surface area contributed by atoms with E-state index in [1.807, 2.05) is 65.0 Å². The van der Waals surface area contributed by atoms with Gasteiger partial charge in [-0.15, -0.1) is 59.2 Å². The Balaban J connectivity index is 0.000000215. The largest absolute Gasteiger partial charge is 0.305 e. The summed E-state index contributed by atoms with van der Waals surface area (Å²) in [5.41, 5.74) is 6.90. The molecule has 0 atom stereocenters. The van der Waals surface area contributed by atoms with Crippen molar-refractivity contribution in [2.45, 2.75) is 73.4 Å². The van der Waals surface area contributed by atoms with E-state index in [-0.39, 0.29) is 25.7 Å². The standard InChI is InChI=1S/C26H20NS.C20H28NSi.Ir/c1-17(2)19-13-14-27-24(15-19)23-10-6-9-22-21-12-11-20(16-25(21)28-26(22)23)18-7-4-3-5-8-18;1-15-8-10-16(11-9-15)18-12-17(13-20(2,3)4)19(14-21-18)22(5,6)7;/h3-9,11-17H,1-2H3;8-10,12,14H,13H2,1-7H3;/q2*-1;/i17D;1D3,13D2;. The summed E-state index contributed by atoms with van der Waals surface area (Å²) in [6, 6.07) is 38.2. The SMILES string of the molecule is [2H]C(C)(C)c1ccnc(-c2[c-]ccc3c2sc2cc(-c4ccccc4)ccc23)c1.[2H]C([2H])([2H])c1c[c-]c(-c2cc(C([2H])([2H])C(C)(C)C)c([Si](C)(C)C)cn2)cc1.[Ir]. The molecule has 1 radical (unpaired) electrons. The van der Waals surface area contributed by atoms with Crippen LogP contribution in [0.15, 0.2) is 109 Å². The number of thiophene rings is 1. The van der Waals surface area contributed by atoms with Crippen molar-refractivity contribution < 1.29 is 28.3 Å². The second kappa shape index (κ2) is 15.9. The van der Waals surface area contributed by atoms with Gasteiger partial charge in [-0.1, -0.05) is 132 Å². The van der Waals surface area contributed by atoms with E-state index < -0.39 is 32.6 Å². The fourth-order valence-corrected chi connectivity index (χ4v) is 8.55. The molecule has 2 nitrogen and oxygen atoms in total. The zero-order valence-electron chi connectivity index (χ0n) is 36.5. The molecule has 0 aliphatic carbocycles. The Morgan fingerprint density at radius 1 is 0.863 bits per heavy atom. The van der Waals surface area contributed by atoms with Crippen LogP contribution in [0.5, 0.6) is 0 Å². The van der Waals surface area contributed by atoms with Crippen molar-refractivity contribution >= 4 is 44.8 Å². The van der Waals surface area contributed by atoms with Gasteiger partial charge in [-0.25, -0.2) is 0 Å². The minimum Gasteiger partial charge on any atom is -0.305 e. The number of benzene rings is 4. The summed E-state index contributed by atoms with van der Waals surface area (Å²) in [7, 11) is -1.81. The van der Waals surface area contributed by atoms with Gasteiger partial charge in [0.1, 0.15) is 0 Å². The Morgan fingerprint density at radius 3 is 2.31 bits per heavy atom. The van der Waals surface area contributed by atoms with Crippen LogP contribution in [0.4, 0.5) is 0 Å². The third kappa shape index (κ3) is 9.20. The molecule has 0 unspecified atom stereocenters. The molecule has 51 heavy (non-hydrogen) atoms. The monoisotopic (exact) mass is 887 g/mol. The van der Waals surface area contributed by atoms with Crippen LogP contribution in [0.2, 0.25) is 19.6 Å². The molecule has 0 aliphatic heterocycles. The number of hydrogen-bond acceptors (Lipinski definition) is 3. The van der Waals surface area contributed by atoms with Gasteiger partial charge in [0.05, 0.1) is 8.07 Å². The van der Waals surface area contributed by atoms with Crippen LogP contribution in [0.1, 0.15) is 65.4 Å². The number of pyridine rings is 2. The fourth-order valence-electron chi connectivity index (χ4n) is 5.91. The van der Waals surface area contributed by atoms with Crippen LogP contribution in [0.3, 0.4) is 0 Å². The molecule has 5 heteroatoms. The summed E-state index contributed by atoms with van der Waals surface area (Å²) in [6.07, 6.45) is 2.07. The van der Waals surface area contributed by atoms with E-state index in [4.69, 9.17) is 8.22 Å². The molecule has 0 saturated heterocycles. The van der Waals surface area contributed by atoms with Gasteiger partial charge in [0.15, 0.2) is 0 Å². The Hall–Kier alpha value is -3.73. The normalized spacial score (nSPS) is 14.2. The first kappa shape index (κ1) is 30.9. The smallest absolute Gasteiger partial charge is 0.0798 e. The molecule has 4 aromatic carbocycles. The van der Waals surface area contributed by atoms with E-state index in [0.717, 1.165) is 22.0 Å². The van der Waals surface area contributed by atoms with Gasteiger partial charge in [-0.3, -0.25) is 0 Å². The maximum atomic E-state index is 8.79. The van der Waals surface area contributed by atoms with E-state index in [1.165, 1.54) is 37.4 Å². The van der Waals surface area contributed by atoms with Gasteiger partial charge in [-0.05, 0) is 67.6 Å². The molecule has 7 aromatic rings. The van der Waals surface area contributed by atoms with Gasteiger partial charge in [0.25, 0.3) is 0 Å². The quantitative estimate of drug-likeness (QED) is 0.123. The van der Waals surface area contributed by atoms with Crippen molar-refractivity contribution in [1.29, 1.82) is 0 Å². The second-order valence-electron chi connectivity index (χ2n) is 14.9. The number of nitrogens with zero attached hydrogens (tertiary/aromatic N) is 2. The molecule has 0 fully saturated rings. The van der Waals surface area contributed by atoms with Gasteiger partial charge >= 0.3 is 0 Å². The second-order valence-corrected chi connectivity index (χ2v) is 21.0. The molecular weight excluding hydrogens is 833 g/mol. The van der Waals surface area contributed by atoms with Gasteiger partial charge in [0.2, 0.25) is 0 Å². The van der Waals surface area contributed by atoms with Crippen molar-refractivity contribution in [1.82, 2.24) is 9.97 Å². The fraction of sp³-hybridized carbons (Fsp3) is 0.261. The van der Waals surface area contributed by atoms with Crippen molar-refractivity contribution in [3.05, 3.63) is 138 Å². The van der Waals surface area contributed by atoms with Crippen molar-refractivity contribution in [2.75, 3.05) is 0 Å². The van der Waals surface area contributed by atoms with E-state index in [0.29, 0.717) is 16.8 Å². The van der Waals surface area contributed by atoms with Crippen molar-refractivity contribution in [2.24, 2.45) is 5.41 Å². The van der Waals surface area contributed by atoms with Crippen LogP contribution < -0.4 is 5.19 Å². The summed E-state index contributed by atoms with van der Waals surface area (Å²) in [5.74, 6) is -0.656. The molecule has 0 N–H and O–H groups in total. The number of aryl methyl sites for hydroxylation is 1. The average molecular weight is 887 g/mol. The molecule has 0 amide bonds. The number of hydrogen-bond donors (Lipinski definition) is 0. The first-order chi connectivity index (χ1) is 26.1. The zero-order valence-corrected chi connectivity index (χ0v) is 34.7. The maximum Gasteiger partial charge on any atom is 0.0798 e. The van der Waals surface area contributed by atoms with Gasteiger partial charge < -0.3 is 9.97 Å². The van der Waals surface area contributed by atoms with E-state index >= 15 is 0 Å². The van der Waals surface area contributed by atoms with E-state index in [9.17, 15) is 0 Å². The van der Waals surface area contributed by atoms with Crippen LogP contribution in [-0.2, 0) is 26.5 Å². The first-order valence-electron chi connectivity index (χ1n) is 20.0. The minimum absolute atomic E-state index is 0. The summed E-state index contributed by atoms with van der Waals surface area (Å²) in [4.78, 5) is 9.16. The van der Waals surface area contributed by atoms with Gasteiger partial charge in [-0.2, -0.15) is 11.3 Å². The molecule has 0 spiro atoms. The Kier molecular flexibility index (Phi) is 9.61. The summed E-state index contributed by atoms with van der Waals surface area (Å²) in [5, 5.41) is 3.50. The van der Waals surface area contributed by atoms with E-state index in [2.05, 4.69) is 90.3 Å². The third-order valence-corrected chi connectivity index (χ3v) is 11.6. The summed E-state index contributed by atoms with van der Waals surface area (Å²) in [6.45, 7) is 13.9. The van der Waals surface area contributed by atoms with Crippen molar-refractivity contribution in [3.63, 3.8) is 0 Å². The predicted octanol–water partition coefficient (Wildman–Crippen LogP) is 12.7.